The van der Waals surface area contributed by atoms with Crippen molar-refractivity contribution >= 4 is 22.4 Å². The standard InChI is InChI=1S/C23H21F3N2O2S/c1-22(27,13-29)10-9-14-7-8-18-17(11-14)28-21(30-18)19-12-16(15-5-3-2-4-6-15)20(31-19)23(24,25)26/h2-8,11-12,29H,9-10,13,27H2,1H3. The van der Waals surface area contributed by atoms with Crippen LogP contribution in [0.1, 0.15) is 23.8 Å². The number of fused-ring (bicyclic) bond motifs is 1. The molecule has 2 aromatic carbocycles. The first-order valence-corrected chi connectivity index (χ1v) is 10.5. The van der Waals surface area contributed by atoms with Crippen LogP contribution in [0, 0.1) is 0 Å². The Labute approximate surface area is 181 Å². The van der Waals surface area contributed by atoms with Crippen molar-refractivity contribution in [3.8, 4) is 21.9 Å². The average molecular weight is 446 g/mol. The van der Waals surface area contributed by atoms with Crippen molar-refractivity contribution in [1.82, 2.24) is 4.98 Å². The van der Waals surface area contributed by atoms with Crippen LogP contribution in [0.3, 0.4) is 0 Å². The minimum atomic E-state index is -4.48. The van der Waals surface area contributed by atoms with E-state index in [4.69, 9.17) is 10.2 Å². The third-order valence-corrected chi connectivity index (χ3v) is 6.25. The van der Waals surface area contributed by atoms with Gasteiger partial charge in [-0.1, -0.05) is 36.4 Å². The maximum absolute atomic E-state index is 13.7. The number of nitrogens with zero attached hydrogens (tertiary/aromatic N) is 1. The second-order valence-corrected chi connectivity index (χ2v) is 8.90. The molecule has 0 aliphatic heterocycles. The van der Waals surface area contributed by atoms with Crippen molar-refractivity contribution in [2.24, 2.45) is 5.73 Å². The van der Waals surface area contributed by atoms with Gasteiger partial charge in [0.25, 0.3) is 0 Å². The first-order valence-electron chi connectivity index (χ1n) is 9.72. The van der Waals surface area contributed by atoms with E-state index in [1.165, 1.54) is 6.07 Å². The van der Waals surface area contributed by atoms with Gasteiger partial charge in [0.2, 0.25) is 5.89 Å². The van der Waals surface area contributed by atoms with Gasteiger partial charge in [-0.3, -0.25) is 0 Å². The van der Waals surface area contributed by atoms with Crippen molar-refractivity contribution in [1.29, 1.82) is 0 Å². The number of alkyl halides is 3. The number of aliphatic hydroxyl groups excluding tert-OH is 1. The highest BCUT2D eigenvalue weighted by molar-refractivity contribution is 7.16. The van der Waals surface area contributed by atoms with Crippen LogP contribution in [-0.4, -0.2) is 22.2 Å². The first kappa shape index (κ1) is 21.5. The Morgan fingerprint density at radius 3 is 2.52 bits per heavy atom. The molecule has 1 unspecified atom stereocenters. The number of thiophene rings is 1. The van der Waals surface area contributed by atoms with E-state index in [9.17, 15) is 18.3 Å². The first-order chi connectivity index (χ1) is 14.7. The van der Waals surface area contributed by atoms with Gasteiger partial charge in [-0.2, -0.15) is 13.2 Å². The Morgan fingerprint density at radius 2 is 1.84 bits per heavy atom. The maximum Gasteiger partial charge on any atom is 0.426 e. The molecule has 31 heavy (non-hydrogen) atoms. The molecule has 0 aliphatic rings. The molecule has 8 heteroatoms. The van der Waals surface area contributed by atoms with Gasteiger partial charge in [-0.25, -0.2) is 4.98 Å². The maximum atomic E-state index is 13.7. The fourth-order valence-electron chi connectivity index (χ4n) is 3.28. The summed E-state index contributed by atoms with van der Waals surface area (Å²) in [6, 6.07) is 15.4. The Kier molecular flexibility index (Phi) is 5.63. The zero-order chi connectivity index (χ0) is 22.2. The van der Waals surface area contributed by atoms with Crippen molar-refractivity contribution in [2.45, 2.75) is 31.5 Å². The van der Waals surface area contributed by atoms with Crippen LogP contribution in [0.15, 0.2) is 59.0 Å². The average Bonchev–Trinajstić information content (AvgIpc) is 3.37. The zero-order valence-corrected chi connectivity index (χ0v) is 17.6. The fourth-order valence-corrected chi connectivity index (χ4v) is 4.26. The summed E-state index contributed by atoms with van der Waals surface area (Å²) < 4.78 is 46.7. The lowest BCUT2D eigenvalue weighted by atomic mass is 9.95. The molecule has 2 aromatic heterocycles. The third kappa shape index (κ3) is 4.66. The van der Waals surface area contributed by atoms with Crippen LogP contribution in [0.25, 0.3) is 33.0 Å². The summed E-state index contributed by atoms with van der Waals surface area (Å²) in [4.78, 5) is 4.07. The van der Waals surface area contributed by atoms with Crippen molar-refractivity contribution in [3.63, 3.8) is 0 Å². The van der Waals surface area contributed by atoms with Crippen LogP contribution >= 0.6 is 11.3 Å². The van der Waals surface area contributed by atoms with Crippen LogP contribution < -0.4 is 5.73 Å². The number of aryl methyl sites for hydroxylation is 1. The highest BCUT2D eigenvalue weighted by Gasteiger charge is 2.37. The topological polar surface area (TPSA) is 72.3 Å². The van der Waals surface area contributed by atoms with Gasteiger partial charge in [0, 0.05) is 11.1 Å². The van der Waals surface area contributed by atoms with Crippen molar-refractivity contribution in [2.75, 3.05) is 6.61 Å². The SMILES string of the molecule is CC(N)(CO)CCc1ccc2oc(-c3cc(-c4ccccc4)c(C(F)(F)F)s3)nc2c1. The van der Waals surface area contributed by atoms with E-state index < -0.39 is 16.6 Å². The van der Waals surface area contributed by atoms with E-state index in [-0.39, 0.29) is 18.1 Å². The summed E-state index contributed by atoms with van der Waals surface area (Å²) >= 11 is 0.625. The van der Waals surface area contributed by atoms with Gasteiger partial charge in [-0.05, 0) is 49.1 Å². The van der Waals surface area contributed by atoms with Crippen molar-refractivity contribution < 1.29 is 22.7 Å². The summed E-state index contributed by atoms with van der Waals surface area (Å²) in [7, 11) is 0. The quantitative estimate of drug-likeness (QED) is 0.388. The third-order valence-electron chi connectivity index (χ3n) is 5.08. The largest absolute Gasteiger partial charge is 0.435 e. The molecule has 0 radical (unpaired) electrons. The highest BCUT2D eigenvalue weighted by atomic mass is 32.1. The van der Waals surface area contributed by atoms with Gasteiger partial charge in [0.15, 0.2) is 5.58 Å². The molecular weight excluding hydrogens is 425 g/mol. The Hall–Kier alpha value is -2.68. The fraction of sp³-hybridized carbons (Fsp3) is 0.261. The predicted molar refractivity (Wildman–Crippen MR) is 116 cm³/mol. The summed E-state index contributed by atoms with van der Waals surface area (Å²) in [6.07, 6.45) is -3.25. The van der Waals surface area contributed by atoms with Gasteiger partial charge >= 0.3 is 6.18 Å². The van der Waals surface area contributed by atoms with E-state index in [0.717, 1.165) is 5.56 Å². The number of nitrogens with two attached hydrogens (primary N) is 1. The van der Waals surface area contributed by atoms with E-state index in [0.29, 0.717) is 45.7 Å². The van der Waals surface area contributed by atoms with Gasteiger partial charge < -0.3 is 15.3 Å². The number of benzene rings is 2. The molecule has 162 valence electrons. The Bertz CT molecular complexity index is 1200. The minimum Gasteiger partial charge on any atom is -0.435 e. The number of aromatic nitrogens is 1. The molecule has 4 nitrogen and oxygen atoms in total. The second kappa shape index (κ2) is 8.11. The Balaban J connectivity index is 1.69. The smallest absolute Gasteiger partial charge is 0.426 e. The summed E-state index contributed by atoms with van der Waals surface area (Å²) in [6.45, 7) is 1.66. The molecule has 1 atom stereocenters. The molecule has 0 spiro atoms. The van der Waals surface area contributed by atoms with E-state index in [1.54, 1.807) is 43.3 Å². The monoisotopic (exact) mass is 446 g/mol. The van der Waals surface area contributed by atoms with E-state index in [1.807, 2.05) is 12.1 Å². The number of oxazole rings is 1. The molecule has 4 aromatic rings. The molecule has 0 bridgehead atoms. The van der Waals surface area contributed by atoms with Gasteiger partial charge in [0.05, 0.1) is 11.5 Å². The number of hydrogen-bond acceptors (Lipinski definition) is 5. The van der Waals surface area contributed by atoms with Gasteiger partial charge in [0.1, 0.15) is 10.4 Å². The summed E-state index contributed by atoms with van der Waals surface area (Å²) in [5.74, 6) is 0.156. The second-order valence-electron chi connectivity index (χ2n) is 7.85. The molecule has 2 heterocycles. The summed E-state index contributed by atoms with van der Waals surface area (Å²) in [5.41, 5.74) is 7.94. The molecule has 0 amide bonds. The van der Waals surface area contributed by atoms with Gasteiger partial charge in [-0.15, -0.1) is 11.3 Å². The van der Waals surface area contributed by atoms with Crippen LogP contribution in [0.4, 0.5) is 13.2 Å². The predicted octanol–water partition coefficient (Wildman–Crippen LogP) is 5.88. The number of hydrogen-bond donors (Lipinski definition) is 2. The lowest BCUT2D eigenvalue weighted by Gasteiger charge is -2.21. The lowest BCUT2D eigenvalue weighted by Crippen LogP contribution is -2.40. The van der Waals surface area contributed by atoms with E-state index >= 15 is 0 Å². The molecule has 4 rings (SSSR count). The summed E-state index contributed by atoms with van der Waals surface area (Å²) in [5, 5.41) is 9.31. The molecule has 0 saturated carbocycles. The highest BCUT2D eigenvalue weighted by Crippen LogP contribution is 2.45. The van der Waals surface area contributed by atoms with Crippen LogP contribution in [-0.2, 0) is 12.6 Å². The molecule has 0 fully saturated rings. The number of halogens is 3. The molecule has 3 N–H and O–H groups in total. The lowest BCUT2D eigenvalue weighted by molar-refractivity contribution is -0.133. The number of rotatable bonds is 6. The molecule has 0 aliphatic carbocycles. The number of aliphatic hydroxyl groups is 1. The Morgan fingerprint density at radius 1 is 1.10 bits per heavy atom. The molecule has 0 saturated heterocycles. The van der Waals surface area contributed by atoms with Crippen molar-refractivity contribution in [3.05, 3.63) is 65.0 Å². The van der Waals surface area contributed by atoms with Crippen LogP contribution in [0.2, 0.25) is 0 Å². The normalized spacial score (nSPS) is 14.1. The van der Waals surface area contributed by atoms with Crippen LogP contribution in [0.5, 0.6) is 0 Å². The molecular formula is C23H21F3N2O2S. The zero-order valence-electron chi connectivity index (χ0n) is 16.7. The van der Waals surface area contributed by atoms with E-state index in [2.05, 4.69) is 4.98 Å². The minimum absolute atomic E-state index is 0.113.